The van der Waals surface area contributed by atoms with E-state index in [0.29, 0.717) is 33.5 Å². The third kappa shape index (κ3) is 3.97. The average Bonchev–Trinajstić information content (AvgIpc) is 3.24. The molecule has 0 aliphatic heterocycles. The summed E-state index contributed by atoms with van der Waals surface area (Å²) in [5.41, 5.74) is 4.56. The van der Waals surface area contributed by atoms with Crippen molar-refractivity contribution < 1.29 is 14.3 Å². The van der Waals surface area contributed by atoms with Crippen LogP contribution in [0.2, 0.25) is 0 Å². The number of esters is 1. The number of aromatic nitrogens is 3. The number of pyridine rings is 1. The Balaban J connectivity index is 1.78. The number of nitrogens with one attached hydrogen (secondary N) is 1. The van der Waals surface area contributed by atoms with Crippen LogP contribution in [0.4, 0.5) is 5.69 Å². The van der Waals surface area contributed by atoms with Crippen LogP contribution in [0.15, 0.2) is 60.8 Å². The number of carbonyl (C=O) groups is 2. The average molecular weight is 428 g/mol. The Bertz CT molecular complexity index is 1310. The molecule has 0 aliphatic carbocycles. The second-order valence-electron chi connectivity index (χ2n) is 7.82. The molecule has 2 aromatic carbocycles. The maximum absolute atomic E-state index is 13.4. The van der Waals surface area contributed by atoms with Gasteiger partial charge in [0, 0.05) is 17.3 Å². The molecule has 1 amide bonds. The number of carbonyl (C=O) groups excluding carboxylic acids is 2. The van der Waals surface area contributed by atoms with Crippen molar-refractivity contribution in [1.29, 1.82) is 0 Å². The van der Waals surface area contributed by atoms with Crippen LogP contribution >= 0.6 is 0 Å². The molecular weight excluding hydrogens is 404 g/mol. The molecule has 7 heteroatoms. The van der Waals surface area contributed by atoms with Crippen molar-refractivity contribution in [2.75, 3.05) is 12.4 Å². The van der Waals surface area contributed by atoms with Gasteiger partial charge in [-0.05, 0) is 50.6 Å². The maximum atomic E-state index is 13.4. The van der Waals surface area contributed by atoms with Gasteiger partial charge in [0.05, 0.1) is 35.5 Å². The Hall–Kier alpha value is -4.00. The highest BCUT2D eigenvalue weighted by molar-refractivity contribution is 6.13. The molecule has 0 bridgehead atoms. The second-order valence-corrected chi connectivity index (χ2v) is 7.82. The van der Waals surface area contributed by atoms with E-state index >= 15 is 0 Å². The van der Waals surface area contributed by atoms with Gasteiger partial charge >= 0.3 is 5.97 Å². The van der Waals surface area contributed by atoms with Crippen LogP contribution in [0, 0.1) is 6.92 Å². The van der Waals surface area contributed by atoms with Crippen LogP contribution in [0.3, 0.4) is 0 Å². The first kappa shape index (κ1) is 21.2. The first-order valence-electron chi connectivity index (χ1n) is 10.3. The molecule has 7 nitrogen and oxygen atoms in total. The van der Waals surface area contributed by atoms with Crippen LogP contribution < -0.4 is 5.32 Å². The van der Waals surface area contributed by atoms with Crippen LogP contribution in [0.1, 0.15) is 46.2 Å². The van der Waals surface area contributed by atoms with Gasteiger partial charge in [-0.25, -0.2) is 14.5 Å². The van der Waals surface area contributed by atoms with E-state index in [2.05, 4.69) is 10.4 Å². The standard InChI is InChI=1S/C25H24N4O3/c1-15(2)29-23-20(14-26-29)19(13-22(27-23)17-8-6-5-7-9-17)24(30)28-21-11-10-18(12-16(21)3)25(31)32-4/h5-15H,1-4H3,(H,28,30). The summed E-state index contributed by atoms with van der Waals surface area (Å²) >= 11 is 0. The second kappa shape index (κ2) is 8.63. The maximum Gasteiger partial charge on any atom is 0.337 e. The van der Waals surface area contributed by atoms with Crippen LogP contribution in [-0.2, 0) is 4.74 Å². The molecule has 0 saturated carbocycles. The lowest BCUT2D eigenvalue weighted by Gasteiger charge is -2.12. The van der Waals surface area contributed by atoms with E-state index in [1.165, 1.54) is 7.11 Å². The zero-order chi connectivity index (χ0) is 22.8. The van der Waals surface area contributed by atoms with Gasteiger partial charge in [0.25, 0.3) is 5.91 Å². The minimum atomic E-state index is -0.421. The highest BCUT2D eigenvalue weighted by Gasteiger charge is 2.19. The number of methoxy groups -OCH3 is 1. The van der Waals surface area contributed by atoms with Crippen molar-refractivity contribution >= 4 is 28.6 Å². The van der Waals surface area contributed by atoms with Gasteiger partial charge in [-0.15, -0.1) is 0 Å². The Morgan fingerprint density at radius 3 is 2.47 bits per heavy atom. The number of hydrogen-bond donors (Lipinski definition) is 1. The van der Waals surface area contributed by atoms with Crippen molar-refractivity contribution in [2.45, 2.75) is 26.8 Å². The first-order chi connectivity index (χ1) is 15.4. The highest BCUT2D eigenvalue weighted by Crippen LogP contribution is 2.27. The number of aryl methyl sites for hydroxylation is 1. The molecular formula is C25H24N4O3. The molecule has 0 fully saturated rings. The number of fused-ring (bicyclic) bond motifs is 1. The molecule has 0 spiro atoms. The number of ether oxygens (including phenoxy) is 1. The van der Waals surface area contributed by atoms with Crippen LogP contribution in [-0.4, -0.2) is 33.8 Å². The Kier molecular flexibility index (Phi) is 5.73. The zero-order valence-corrected chi connectivity index (χ0v) is 18.4. The van der Waals surface area contributed by atoms with Crippen LogP contribution in [0.5, 0.6) is 0 Å². The quantitative estimate of drug-likeness (QED) is 0.451. The minimum absolute atomic E-state index is 0.0926. The number of amides is 1. The van der Waals surface area contributed by atoms with Gasteiger partial charge in [-0.1, -0.05) is 30.3 Å². The highest BCUT2D eigenvalue weighted by atomic mass is 16.5. The summed E-state index contributed by atoms with van der Waals surface area (Å²) in [4.78, 5) is 29.9. The fraction of sp³-hybridized carbons (Fsp3) is 0.200. The van der Waals surface area contributed by atoms with E-state index in [4.69, 9.17) is 9.72 Å². The molecule has 2 aromatic heterocycles. The van der Waals surface area contributed by atoms with Gasteiger partial charge in [-0.2, -0.15) is 5.10 Å². The first-order valence-corrected chi connectivity index (χ1v) is 10.3. The van der Waals surface area contributed by atoms with Gasteiger partial charge in [0.15, 0.2) is 5.65 Å². The lowest BCUT2D eigenvalue weighted by Crippen LogP contribution is -2.14. The third-order valence-corrected chi connectivity index (χ3v) is 5.27. The molecule has 4 aromatic rings. The molecule has 2 heterocycles. The van der Waals surface area contributed by atoms with Gasteiger partial charge in [0.1, 0.15) is 0 Å². The smallest absolute Gasteiger partial charge is 0.337 e. The number of hydrogen-bond acceptors (Lipinski definition) is 5. The summed E-state index contributed by atoms with van der Waals surface area (Å²) in [7, 11) is 1.34. The molecule has 0 saturated heterocycles. The summed E-state index contributed by atoms with van der Waals surface area (Å²) in [5.74, 6) is -0.692. The predicted octanol–water partition coefficient (Wildman–Crippen LogP) is 5.03. The lowest BCUT2D eigenvalue weighted by molar-refractivity contribution is 0.0600. The summed E-state index contributed by atoms with van der Waals surface area (Å²) in [6.45, 7) is 5.88. The SMILES string of the molecule is COC(=O)c1ccc(NC(=O)c2cc(-c3ccccc3)nc3c2cnn3C(C)C)c(C)c1. The van der Waals surface area contributed by atoms with Crippen molar-refractivity contribution in [3.63, 3.8) is 0 Å². The lowest BCUT2D eigenvalue weighted by atomic mass is 10.1. The number of benzene rings is 2. The number of nitrogens with zero attached hydrogens (tertiary/aromatic N) is 3. The van der Waals surface area contributed by atoms with Gasteiger partial charge in [-0.3, -0.25) is 4.79 Å². The predicted molar refractivity (Wildman–Crippen MR) is 124 cm³/mol. The summed E-state index contributed by atoms with van der Waals surface area (Å²) in [6.07, 6.45) is 1.68. The molecule has 162 valence electrons. The van der Waals surface area contributed by atoms with E-state index < -0.39 is 5.97 Å². The Morgan fingerprint density at radius 2 is 1.81 bits per heavy atom. The summed E-state index contributed by atoms with van der Waals surface area (Å²) in [5, 5.41) is 8.10. The van der Waals surface area contributed by atoms with Gasteiger partial charge in [0.2, 0.25) is 0 Å². The van der Waals surface area contributed by atoms with E-state index in [1.807, 2.05) is 55.8 Å². The Labute approximate surface area is 186 Å². The molecule has 0 aliphatic rings. The molecule has 0 unspecified atom stereocenters. The van der Waals surface area contributed by atoms with E-state index in [9.17, 15) is 9.59 Å². The van der Waals surface area contributed by atoms with E-state index in [-0.39, 0.29) is 11.9 Å². The van der Waals surface area contributed by atoms with Crippen LogP contribution in [0.25, 0.3) is 22.3 Å². The normalized spacial score (nSPS) is 11.0. The monoisotopic (exact) mass is 428 g/mol. The Morgan fingerprint density at radius 1 is 1.06 bits per heavy atom. The molecule has 32 heavy (non-hydrogen) atoms. The molecule has 4 rings (SSSR count). The topological polar surface area (TPSA) is 86.1 Å². The zero-order valence-electron chi connectivity index (χ0n) is 18.4. The largest absolute Gasteiger partial charge is 0.465 e. The fourth-order valence-electron chi connectivity index (χ4n) is 3.58. The fourth-order valence-corrected chi connectivity index (χ4v) is 3.58. The molecule has 1 N–H and O–H groups in total. The van der Waals surface area contributed by atoms with E-state index in [1.54, 1.807) is 30.5 Å². The summed E-state index contributed by atoms with van der Waals surface area (Å²) in [6, 6.07) is 16.6. The van der Waals surface area contributed by atoms with Crippen molar-refractivity contribution in [2.24, 2.45) is 0 Å². The third-order valence-electron chi connectivity index (χ3n) is 5.27. The number of anilines is 1. The van der Waals surface area contributed by atoms with Gasteiger partial charge < -0.3 is 10.1 Å². The number of rotatable bonds is 5. The van der Waals surface area contributed by atoms with Crippen molar-refractivity contribution in [1.82, 2.24) is 14.8 Å². The van der Waals surface area contributed by atoms with Crippen molar-refractivity contribution in [3.05, 3.63) is 77.5 Å². The van der Waals surface area contributed by atoms with Crippen molar-refractivity contribution in [3.8, 4) is 11.3 Å². The molecule has 0 atom stereocenters. The minimum Gasteiger partial charge on any atom is -0.465 e. The summed E-state index contributed by atoms with van der Waals surface area (Å²) < 4.78 is 6.58. The molecule has 0 radical (unpaired) electrons. The van der Waals surface area contributed by atoms with E-state index in [0.717, 1.165) is 11.1 Å².